The van der Waals surface area contributed by atoms with Crippen molar-refractivity contribution in [2.45, 2.75) is 37.8 Å². The van der Waals surface area contributed by atoms with Crippen LogP contribution in [-0.4, -0.2) is 33.7 Å². The van der Waals surface area contributed by atoms with Crippen molar-refractivity contribution >= 4 is 5.91 Å². The maximum atomic E-state index is 14.7. The molecule has 3 aromatic rings. The van der Waals surface area contributed by atoms with Crippen LogP contribution in [0.15, 0.2) is 30.3 Å². The molecule has 3 heterocycles. The van der Waals surface area contributed by atoms with Gasteiger partial charge in [-0.2, -0.15) is 5.10 Å². The lowest BCUT2D eigenvalue weighted by molar-refractivity contribution is 0.0387. The molecule has 0 radical (unpaired) electrons. The third-order valence-corrected chi connectivity index (χ3v) is 6.57. The van der Waals surface area contributed by atoms with Gasteiger partial charge in [0.1, 0.15) is 11.6 Å². The summed E-state index contributed by atoms with van der Waals surface area (Å²) in [7, 11) is 3.07. The van der Waals surface area contributed by atoms with Gasteiger partial charge < -0.3 is 9.64 Å². The first-order valence-corrected chi connectivity index (χ1v) is 10.7. The quantitative estimate of drug-likeness (QED) is 0.412. The van der Waals surface area contributed by atoms with Gasteiger partial charge in [0.25, 0.3) is 5.91 Å². The van der Waals surface area contributed by atoms with Crippen LogP contribution in [0, 0.1) is 23.3 Å². The maximum absolute atomic E-state index is 14.7. The lowest BCUT2D eigenvalue weighted by atomic mass is 9.81. The first-order valence-electron chi connectivity index (χ1n) is 10.7. The fourth-order valence-electron chi connectivity index (χ4n) is 5.14. The molecule has 172 valence electrons. The number of rotatable bonds is 3. The molecular weight excluding hydrogens is 438 g/mol. The number of nitrogens with zero attached hydrogens (tertiary/aromatic N) is 3. The predicted molar refractivity (Wildman–Crippen MR) is 112 cm³/mol. The van der Waals surface area contributed by atoms with Gasteiger partial charge in [-0.25, -0.2) is 17.6 Å². The molecule has 0 aliphatic carbocycles. The molecule has 0 saturated carbocycles. The normalized spacial score (nSPS) is 19.4. The van der Waals surface area contributed by atoms with Crippen LogP contribution in [-0.2, 0) is 13.5 Å². The zero-order valence-corrected chi connectivity index (χ0v) is 18.0. The number of halogens is 4. The Hall–Kier alpha value is -3.36. The van der Waals surface area contributed by atoms with E-state index in [-0.39, 0.29) is 17.2 Å². The van der Waals surface area contributed by atoms with Gasteiger partial charge >= 0.3 is 0 Å². The molecule has 1 saturated heterocycles. The summed E-state index contributed by atoms with van der Waals surface area (Å²) in [6.07, 6.45) is 2.62. The molecule has 5 nitrogen and oxygen atoms in total. The smallest absolute Gasteiger partial charge is 0.257 e. The number of methoxy groups -OCH3 is 1. The van der Waals surface area contributed by atoms with Crippen LogP contribution >= 0.6 is 0 Å². The second kappa shape index (κ2) is 7.90. The van der Waals surface area contributed by atoms with Crippen molar-refractivity contribution in [1.29, 1.82) is 0 Å². The lowest BCUT2D eigenvalue weighted by Gasteiger charge is -2.45. The van der Waals surface area contributed by atoms with Crippen LogP contribution in [0.3, 0.4) is 0 Å². The molecular formula is C24H21F4N3O2. The SMILES string of the molecule is COc1ccc(C(=O)N2[C@@H]3CCC[C@H]2c2nn(C)c(-c4cc(F)c(F)c(F)c4)c2C3)c(F)c1. The van der Waals surface area contributed by atoms with E-state index >= 15 is 0 Å². The fraction of sp³-hybridized carbons (Fsp3) is 0.333. The average molecular weight is 459 g/mol. The van der Waals surface area contributed by atoms with Crippen LogP contribution in [0.5, 0.6) is 5.75 Å². The molecule has 0 spiro atoms. The zero-order chi connectivity index (χ0) is 23.4. The first-order chi connectivity index (χ1) is 15.8. The number of benzene rings is 2. The first kappa shape index (κ1) is 21.5. The Morgan fingerprint density at radius 2 is 1.79 bits per heavy atom. The highest BCUT2D eigenvalue weighted by atomic mass is 19.2. The third-order valence-electron chi connectivity index (χ3n) is 6.57. The highest BCUT2D eigenvalue weighted by Gasteiger charge is 2.44. The van der Waals surface area contributed by atoms with Crippen molar-refractivity contribution in [3.63, 3.8) is 0 Å². The number of carbonyl (C=O) groups is 1. The van der Waals surface area contributed by atoms with Crippen LogP contribution in [0.2, 0.25) is 0 Å². The van der Waals surface area contributed by atoms with Crippen molar-refractivity contribution < 1.29 is 27.1 Å². The van der Waals surface area contributed by atoms with E-state index in [0.29, 0.717) is 36.4 Å². The van der Waals surface area contributed by atoms with Crippen LogP contribution in [0.4, 0.5) is 17.6 Å². The molecule has 33 heavy (non-hydrogen) atoms. The number of aromatic nitrogens is 2. The van der Waals surface area contributed by atoms with Crippen LogP contribution in [0.1, 0.15) is 46.9 Å². The van der Waals surface area contributed by atoms with Gasteiger partial charge in [-0.15, -0.1) is 0 Å². The minimum absolute atomic E-state index is 0.0463. The number of fused-ring (bicyclic) bond motifs is 4. The van der Waals surface area contributed by atoms with Crippen molar-refractivity contribution in [2.24, 2.45) is 7.05 Å². The van der Waals surface area contributed by atoms with Gasteiger partial charge in [-0.3, -0.25) is 9.48 Å². The molecule has 1 amide bonds. The minimum atomic E-state index is -1.52. The Balaban J connectivity index is 1.58. The summed E-state index contributed by atoms with van der Waals surface area (Å²) in [5.41, 5.74) is 2.02. The molecule has 2 aliphatic heterocycles. The standard InChI is InChI=1S/C24H21F4N3O2/c1-30-23(12-8-18(26)21(28)19(27)9-12)16-10-13-4-3-5-20(22(16)29-30)31(13)24(32)15-7-6-14(33-2)11-17(15)25/h6-9,11,13,20H,3-5,10H2,1-2H3/t13-,20+/m1/s1. The van der Waals surface area contributed by atoms with Gasteiger partial charge in [0.05, 0.1) is 30.1 Å². The molecule has 0 unspecified atom stereocenters. The third kappa shape index (κ3) is 3.37. The summed E-state index contributed by atoms with van der Waals surface area (Å²) >= 11 is 0. The number of hydrogen-bond acceptors (Lipinski definition) is 3. The second-order valence-electron chi connectivity index (χ2n) is 8.45. The van der Waals surface area contributed by atoms with E-state index in [9.17, 15) is 22.4 Å². The van der Waals surface area contributed by atoms with Gasteiger partial charge in [0, 0.05) is 30.3 Å². The Morgan fingerprint density at radius 1 is 1.06 bits per heavy atom. The average Bonchev–Trinajstić information content (AvgIpc) is 3.11. The second-order valence-corrected chi connectivity index (χ2v) is 8.45. The Kier molecular flexibility index (Phi) is 5.14. The molecule has 5 rings (SSSR count). The van der Waals surface area contributed by atoms with E-state index in [0.717, 1.165) is 24.1 Å². The number of ether oxygens (including phenoxy) is 1. The minimum Gasteiger partial charge on any atom is -0.497 e. The van der Waals surface area contributed by atoms with E-state index in [1.54, 1.807) is 11.9 Å². The van der Waals surface area contributed by atoms with Crippen LogP contribution < -0.4 is 4.74 Å². The lowest BCUT2D eigenvalue weighted by Crippen LogP contribution is -2.50. The van der Waals surface area contributed by atoms with E-state index in [1.807, 2.05) is 0 Å². The van der Waals surface area contributed by atoms with Gasteiger partial charge in [0.2, 0.25) is 0 Å². The van der Waals surface area contributed by atoms with Crippen molar-refractivity contribution in [2.75, 3.05) is 7.11 Å². The van der Waals surface area contributed by atoms with Gasteiger partial charge in [-0.05, 0) is 49.9 Å². The van der Waals surface area contributed by atoms with Crippen molar-refractivity contribution in [3.8, 4) is 17.0 Å². The Labute approximate surface area is 187 Å². The molecule has 0 N–H and O–H groups in total. The summed E-state index contributed by atoms with van der Waals surface area (Å²) in [6.45, 7) is 0. The Morgan fingerprint density at radius 3 is 2.45 bits per heavy atom. The van der Waals surface area contributed by atoms with E-state index < -0.39 is 35.2 Å². The highest BCUT2D eigenvalue weighted by molar-refractivity contribution is 5.95. The largest absolute Gasteiger partial charge is 0.497 e. The van der Waals surface area contributed by atoms with Crippen molar-refractivity contribution in [1.82, 2.24) is 14.7 Å². The predicted octanol–water partition coefficient (Wildman–Crippen LogP) is 4.94. The molecule has 9 heteroatoms. The summed E-state index contributed by atoms with van der Waals surface area (Å²) in [5.74, 6) is -4.85. The molecule has 2 bridgehead atoms. The topological polar surface area (TPSA) is 47.4 Å². The van der Waals surface area contributed by atoms with Crippen LogP contribution in [0.25, 0.3) is 11.3 Å². The van der Waals surface area contributed by atoms with E-state index in [2.05, 4.69) is 5.10 Å². The summed E-state index contributed by atoms with van der Waals surface area (Å²) in [6, 6.07) is 5.42. The molecule has 1 fully saturated rings. The fourth-order valence-corrected chi connectivity index (χ4v) is 5.14. The van der Waals surface area contributed by atoms with Gasteiger partial charge in [0.15, 0.2) is 17.5 Å². The summed E-state index contributed by atoms with van der Waals surface area (Å²) in [5, 5.41) is 4.58. The number of hydrogen-bond donors (Lipinski definition) is 0. The monoisotopic (exact) mass is 459 g/mol. The molecule has 2 atom stereocenters. The summed E-state index contributed by atoms with van der Waals surface area (Å²) in [4.78, 5) is 15.1. The van der Waals surface area contributed by atoms with E-state index in [4.69, 9.17) is 4.74 Å². The summed E-state index contributed by atoms with van der Waals surface area (Å²) < 4.78 is 62.6. The number of aryl methyl sites for hydroxylation is 1. The molecule has 2 aliphatic rings. The number of piperidine rings is 1. The Bertz CT molecular complexity index is 1250. The van der Waals surface area contributed by atoms with Gasteiger partial charge in [-0.1, -0.05) is 0 Å². The van der Waals surface area contributed by atoms with Crippen molar-refractivity contribution in [3.05, 3.63) is 70.4 Å². The number of amides is 1. The molecule has 1 aromatic heterocycles. The maximum Gasteiger partial charge on any atom is 0.257 e. The van der Waals surface area contributed by atoms with E-state index in [1.165, 1.54) is 30.0 Å². The zero-order valence-electron chi connectivity index (χ0n) is 18.0. The highest BCUT2D eigenvalue weighted by Crippen LogP contribution is 2.45. The number of carbonyl (C=O) groups excluding carboxylic acids is 1. The molecule has 2 aromatic carbocycles.